The highest BCUT2D eigenvalue weighted by atomic mass is 16.7. The Bertz CT molecular complexity index is 769. The summed E-state index contributed by atoms with van der Waals surface area (Å²) in [6.45, 7) is 7.32. The predicted octanol–water partition coefficient (Wildman–Crippen LogP) is 6.69. The molecule has 0 aliphatic carbocycles. The van der Waals surface area contributed by atoms with E-state index in [0.717, 1.165) is 37.0 Å². The minimum Gasteiger partial charge on any atom is -0.375 e. The molecule has 3 rings (SSSR count). The number of hydrogen-bond acceptors (Lipinski definition) is 5. The van der Waals surface area contributed by atoms with Crippen molar-refractivity contribution < 1.29 is 23.7 Å². The first-order valence-corrected chi connectivity index (χ1v) is 13.5. The van der Waals surface area contributed by atoms with Gasteiger partial charge in [0.1, 0.15) is 12.2 Å². The van der Waals surface area contributed by atoms with Crippen molar-refractivity contribution in [3.8, 4) is 0 Å². The molecule has 1 fully saturated rings. The van der Waals surface area contributed by atoms with E-state index in [9.17, 15) is 0 Å². The lowest BCUT2D eigenvalue weighted by Gasteiger charge is -2.41. The average Bonchev–Trinajstić information content (AvgIpc) is 2.90. The molecule has 0 spiro atoms. The van der Waals surface area contributed by atoms with Gasteiger partial charge < -0.3 is 23.7 Å². The van der Waals surface area contributed by atoms with E-state index in [1.165, 1.54) is 19.3 Å². The molecule has 2 aromatic carbocycles. The second kappa shape index (κ2) is 16.8. The maximum atomic E-state index is 6.46. The van der Waals surface area contributed by atoms with Gasteiger partial charge in [-0.15, -0.1) is 0 Å². The quantitative estimate of drug-likeness (QED) is 0.234. The van der Waals surface area contributed by atoms with Crippen LogP contribution in [0.2, 0.25) is 0 Å². The molecule has 0 saturated carbocycles. The summed E-state index contributed by atoms with van der Waals surface area (Å²) in [5, 5.41) is 0. The molecule has 1 saturated heterocycles. The van der Waals surface area contributed by atoms with Crippen LogP contribution in [-0.4, -0.2) is 44.4 Å². The molecule has 1 heterocycles. The molecule has 2 aromatic rings. The molecule has 0 amide bonds. The van der Waals surface area contributed by atoms with E-state index >= 15 is 0 Å². The second-order valence-corrected chi connectivity index (χ2v) is 9.30. The molecular weight excluding hydrogens is 440 g/mol. The van der Waals surface area contributed by atoms with Crippen LogP contribution in [0.4, 0.5) is 0 Å². The highest BCUT2D eigenvalue weighted by Gasteiger charge is 2.41. The van der Waals surface area contributed by atoms with Crippen molar-refractivity contribution in [2.24, 2.45) is 0 Å². The van der Waals surface area contributed by atoms with Gasteiger partial charge >= 0.3 is 0 Å². The van der Waals surface area contributed by atoms with E-state index in [1.807, 2.05) is 36.4 Å². The summed E-state index contributed by atoms with van der Waals surface area (Å²) in [6, 6.07) is 20.5. The Balaban J connectivity index is 1.66. The minimum atomic E-state index is -0.301. The number of hydrogen-bond donors (Lipinski definition) is 0. The molecule has 35 heavy (non-hydrogen) atoms. The van der Waals surface area contributed by atoms with Crippen LogP contribution >= 0.6 is 0 Å². The highest BCUT2D eigenvalue weighted by Crippen LogP contribution is 2.28. The molecule has 1 aliphatic heterocycles. The van der Waals surface area contributed by atoms with Crippen molar-refractivity contribution in [2.45, 2.75) is 96.6 Å². The fourth-order valence-corrected chi connectivity index (χ4v) is 4.30. The standard InChI is InChI=1S/C30H44O5/c1-3-5-13-19-32-27-21-29(33-20-14-6-4-2)35-28(24-31-22-25-15-9-7-10-16-25)30(27)34-23-26-17-11-8-12-18-26/h7-12,15-18,27-30H,3-6,13-14,19-24H2,1-2H3/t27-,28+,29?,30+/m0/s1. The minimum absolute atomic E-state index is 0.0918. The van der Waals surface area contributed by atoms with Gasteiger partial charge in [-0.25, -0.2) is 0 Å². The monoisotopic (exact) mass is 484 g/mol. The first-order chi connectivity index (χ1) is 17.3. The molecule has 0 bridgehead atoms. The van der Waals surface area contributed by atoms with E-state index in [2.05, 4.69) is 38.1 Å². The fourth-order valence-electron chi connectivity index (χ4n) is 4.30. The van der Waals surface area contributed by atoms with Crippen LogP contribution in [0.15, 0.2) is 60.7 Å². The molecule has 4 atom stereocenters. The third-order valence-corrected chi connectivity index (χ3v) is 6.29. The van der Waals surface area contributed by atoms with Crippen molar-refractivity contribution >= 4 is 0 Å². The molecule has 0 radical (unpaired) electrons. The molecule has 1 unspecified atom stereocenters. The molecular formula is C30H44O5. The lowest BCUT2D eigenvalue weighted by atomic mass is 10.0. The highest BCUT2D eigenvalue weighted by molar-refractivity contribution is 5.14. The van der Waals surface area contributed by atoms with Crippen molar-refractivity contribution in [3.63, 3.8) is 0 Å². The molecule has 1 aliphatic rings. The van der Waals surface area contributed by atoms with Crippen LogP contribution in [-0.2, 0) is 36.9 Å². The molecule has 0 aromatic heterocycles. The van der Waals surface area contributed by atoms with Crippen molar-refractivity contribution in [3.05, 3.63) is 71.8 Å². The smallest absolute Gasteiger partial charge is 0.160 e. The summed E-state index contributed by atoms with van der Waals surface area (Å²) in [6.07, 6.45) is 6.57. The van der Waals surface area contributed by atoms with E-state index in [-0.39, 0.29) is 24.6 Å². The second-order valence-electron chi connectivity index (χ2n) is 9.30. The van der Waals surface area contributed by atoms with Crippen molar-refractivity contribution in [2.75, 3.05) is 19.8 Å². The zero-order chi connectivity index (χ0) is 24.6. The SMILES string of the molecule is CCCCCOC1C[C@H](OCCCCC)[C@@H](OCc2ccccc2)[C@@H](COCc2ccccc2)O1. The van der Waals surface area contributed by atoms with Crippen LogP contribution in [0.25, 0.3) is 0 Å². The lowest BCUT2D eigenvalue weighted by molar-refractivity contribution is -0.277. The topological polar surface area (TPSA) is 46.2 Å². The third-order valence-electron chi connectivity index (χ3n) is 6.29. The Kier molecular flexibility index (Phi) is 13.4. The van der Waals surface area contributed by atoms with Crippen LogP contribution in [0.3, 0.4) is 0 Å². The van der Waals surface area contributed by atoms with Gasteiger partial charge in [0.15, 0.2) is 6.29 Å². The van der Waals surface area contributed by atoms with Gasteiger partial charge in [-0.2, -0.15) is 0 Å². The van der Waals surface area contributed by atoms with Crippen molar-refractivity contribution in [1.29, 1.82) is 0 Å². The summed E-state index contributed by atoms with van der Waals surface area (Å²) in [4.78, 5) is 0. The lowest BCUT2D eigenvalue weighted by Crippen LogP contribution is -2.53. The summed E-state index contributed by atoms with van der Waals surface area (Å²) in [7, 11) is 0. The van der Waals surface area contributed by atoms with E-state index < -0.39 is 0 Å². The van der Waals surface area contributed by atoms with Crippen molar-refractivity contribution in [1.82, 2.24) is 0 Å². The normalized spacial score (nSPS) is 22.3. The fraction of sp³-hybridized carbons (Fsp3) is 0.600. The van der Waals surface area contributed by atoms with E-state index in [4.69, 9.17) is 23.7 Å². The van der Waals surface area contributed by atoms with Gasteiger partial charge in [0, 0.05) is 19.6 Å². The first kappa shape index (κ1) is 27.8. The zero-order valence-electron chi connectivity index (χ0n) is 21.6. The first-order valence-electron chi connectivity index (χ1n) is 13.5. The average molecular weight is 485 g/mol. The Hall–Kier alpha value is -1.76. The van der Waals surface area contributed by atoms with E-state index in [1.54, 1.807) is 0 Å². The molecule has 5 nitrogen and oxygen atoms in total. The number of ether oxygens (including phenoxy) is 5. The van der Waals surface area contributed by atoms with Gasteiger partial charge in [-0.1, -0.05) is 100 Å². The van der Waals surface area contributed by atoms with Crippen LogP contribution in [0.5, 0.6) is 0 Å². The van der Waals surface area contributed by atoms with Gasteiger partial charge in [0.25, 0.3) is 0 Å². The Morgan fingerprint density at radius 3 is 1.94 bits per heavy atom. The third kappa shape index (κ3) is 10.4. The molecule has 0 N–H and O–H groups in total. The Morgan fingerprint density at radius 1 is 0.714 bits per heavy atom. The predicted molar refractivity (Wildman–Crippen MR) is 139 cm³/mol. The van der Waals surface area contributed by atoms with Gasteiger partial charge in [0.2, 0.25) is 0 Å². The molecule has 194 valence electrons. The molecule has 5 heteroatoms. The van der Waals surface area contributed by atoms with Gasteiger partial charge in [0.05, 0.1) is 25.9 Å². The summed E-state index contributed by atoms with van der Waals surface area (Å²) in [5.74, 6) is 0. The van der Waals surface area contributed by atoms with E-state index in [0.29, 0.717) is 32.8 Å². The maximum absolute atomic E-state index is 6.46. The largest absolute Gasteiger partial charge is 0.375 e. The number of unbranched alkanes of at least 4 members (excludes halogenated alkanes) is 4. The Morgan fingerprint density at radius 2 is 1.31 bits per heavy atom. The number of rotatable bonds is 17. The zero-order valence-corrected chi connectivity index (χ0v) is 21.6. The summed E-state index contributed by atoms with van der Waals surface area (Å²) >= 11 is 0. The summed E-state index contributed by atoms with van der Waals surface area (Å²) < 4.78 is 31.5. The number of benzene rings is 2. The van der Waals surface area contributed by atoms with Gasteiger partial charge in [-0.05, 0) is 24.0 Å². The van der Waals surface area contributed by atoms with Crippen LogP contribution in [0, 0.1) is 0 Å². The van der Waals surface area contributed by atoms with Crippen LogP contribution in [0.1, 0.15) is 69.9 Å². The maximum Gasteiger partial charge on any atom is 0.160 e. The summed E-state index contributed by atoms with van der Waals surface area (Å²) in [5.41, 5.74) is 2.28. The van der Waals surface area contributed by atoms with Gasteiger partial charge in [-0.3, -0.25) is 0 Å². The van der Waals surface area contributed by atoms with Crippen LogP contribution < -0.4 is 0 Å². The Labute approximate surface area is 212 Å².